The number of aromatic nitrogens is 1. The molecular weight excluding hydrogens is 362 g/mol. The lowest BCUT2D eigenvalue weighted by atomic mass is 10.1. The van der Waals surface area contributed by atoms with Gasteiger partial charge in [0.2, 0.25) is 0 Å². The fourth-order valence-electron chi connectivity index (χ4n) is 3.09. The molecule has 0 aliphatic rings. The van der Waals surface area contributed by atoms with E-state index in [0.29, 0.717) is 12.2 Å². The topological polar surface area (TPSA) is 63.2 Å². The van der Waals surface area contributed by atoms with Crippen LogP contribution in [0.4, 0.5) is 11.5 Å². The Bertz CT molecular complexity index is 1140. The summed E-state index contributed by atoms with van der Waals surface area (Å²) in [5.74, 6) is 1.41. The van der Waals surface area contributed by atoms with Crippen LogP contribution in [0.15, 0.2) is 84.9 Å². The molecule has 5 heteroatoms. The molecule has 144 valence electrons. The van der Waals surface area contributed by atoms with Gasteiger partial charge in [0.1, 0.15) is 18.2 Å². The standard InChI is InChI=1S/C24H21N3O2/c1-25-23-14-11-17-15-19(12-13-22(17)27-23)26-24(28)21-10-6-5-7-18(21)16-29-20-8-3-2-4-9-20/h2-15H,16H2,1H3,(H,25,27)(H,26,28). The van der Waals surface area contributed by atoms with Crippen LogP contribution in [0.5, 0.6) is 5.75 Å². The number of fused-ring (bicyclic) bond motifs is 1. The van der Waals surface area contributed by atoms with Gasteiger partial charge in [0.15, 0.2) is 0 Å². The molecule has 0 spiro atoms. The minimum absolute atomic E-state index is 0.170. The third kappa shape index (κ3) is 4.35. The van der Waals surface area contributed by atoms with Gasteiger partial charge in [-0.1, -0.05) is 36.4 Å². The summed E-state index contributed by atoms with van der Waals surface area (Å²) in [6.07, 6.45) is 0. The van der Waals surface area contributed by atoms with E-state index in [1.807, 2.05) is 85.9 Å². The van der Waals surface area contributed by atoms with Crippen molar-refractivity contribution in [3.05, 3.63) is 96.1 Å². The maximum atomic E-state index is 12.9. The average Bonchev–Trinajstić information content (AvgIpc) is 2.78. The molecule has 1 aromatic heterocycles. The fraction of sp³-hybridized carbons (Fsp3) is 0.0833. The maximum absolute atomic E-state index is 12.9. The number of hydrogen-bond donors (Lipinski definition) is 2. The summed E-state index contributed by atoms with van der Waals surface area (Å²) in [4.78, 5) is 17.4. The van der Waals surface area contributed by atoms with E-state index in [4.69, 9.17) is 4.74 Å². The zero-order valence-corrected chi connectivity index (χ0v) is 16.1. The van der Waals surface area contributed by atoms with Gasteiger partial charge in [0.05, 0.1) is 5.52 Å². The minimum Gasteiger partial charge on any atom is -0.489 e. The molecule has 1 amide bonds. The second-order valence-corrected chi connectivity index (χ2v) is 6.57. The monoisotopic (exact) mass is 383 g/mol. The van der Waals surface area contributed by atoms with Crippen LogP contribution < -0.4 is 15.4 Å². The number of carbonyl (C=O) groups excluding carboxylic acids is 1. The van der Waals surface area contributed by atoms with Crippen molar-refractivity contribution < 1.29 is 9.53 Å². The Morgan fingerprint density at radius 2 is 1.72 bits per heavy atom. The molecule has 2 N–H and O–H groups in total. The number of para-hydroxylation sites is 1. The molecule has 29 heavy (non-hydrogen) atoms. The lowest BCUT2D eigenvalue weighted by Crippen LogP contribution is -2.15. The zero-order chi connectivity index (χ0) is 20.1. The van der Waals surface area contributed by atoms with E-state index in [1.165, 1.54) is 0 Å². The predicted molar refractivity (Wildman–Crippen MR) is 116 cm³/mol. The number of benzene rings is 3. The van der Waals surface area contributed by atoms with Crippen molar-refractivity contribution >= 4 is 28.3 Å². The number of anilines is 2. The van der Waals surface area contributed by atoms with E-state index in [1.54, 1.807) is 6.07 Å². The molecule has 3 aromatic carbocycles. The van der Waals surface area contributed by atoms with Gasteiger partial charge in [-0.2, -0.15) is 0 Å². The van der Waals surface area contributed by atoms with E-state index < -0.39 is 0 Å². The van der Waals surface area contributed by atoms with Gasteiger partial charge in [0.25, 0.3) is 5.91 Å². The van der Waals surface area contributed by atoms with Gasteiger partial charge in [-0.25, -0.2) is 4.98 Å². The second-order valence-electron chi connectivity index (χ2n) is 6.57. The molecule has 0 radical (unpaired) electrons. The predicted octanol–water partition coefficient (Wildman–Crippen LogP) is 5.11. The quantitative estimate of drug-likeness (QED) is 0.486. The maximum Gasteiger partial charge on any atom is 0.256 e. The van der Waals surface area contributed by atoms with Gasteiger partial charge < -0.3 is 15.4 Å². The molecule has 5 nitrogen and oxygen atoms in total. The van der Waals surface area contributed by atoms with Crippen LogP contribution in [0.1, 0.15) is 15.9 Å². The largest absolute Gasteiger partial charge is 0.489 e. The number of pyridine rings is 1. The summed E-state index contributed by atoms with van der Waals surface area (Å²) in [6.45, 7) is 0.321. The highest BCUT2D eigenvalue weighted by Crippen LogP contribution is 2.21. The van der Waals surface area contributed by atoms with Crippen LogP contribution in [0.25, 0.3) is 10.9 Å². The van der Waals surface area contributed by atoms with Crippen molar-refractivity contribution in [2.24, 2.45) is 0 Å². The Kier molecular flexibility index (Phi) is 5.38. The van der Waals surface area contributed by atoms with Crippen molar-refractivity contribution in [1.29, 1.82) is 0 Å². The Morgan fingerprint density at radius 3 is 2.55 bits per heavy atom. The van der Waals surface area contributed by atoms with Crippen molar-refractivity contribution in [2.45, 2.75) is 6.61 Å². The molecule has 4 aromatic rings. The third-order valence-corrected chi connectivity index (χ3v) is 4.60. The first kappa shape index (κ1) is 18.5. The SMILES string of the molecule is CNc1ccc2cc(NC(=O)c3ccccc3COc3ccccc3)ccc2n1. The van der Waals surface area contributed by atoms with Crippen LogP contribution in [0.3, 0.4) is 0 Å². The highest BCUT2D eigenvalue weighted by Gasteiger charge is 2.12. The van der Waals surface area contributed by atoms with Crippen LogP contribution >= 0.6 is 0 Å². The first-order valence-corrected chi connectivity index (χ1v) is 9.38. The number of rotatable bonds is 6. The molecular formula is C24H21N3O2. The molecule has 0 bridgehead atoms. The van der Waals surface area contributed by atoms with Gasteiger partial charge in [-0.15, -0.1) is 0 Å². The normalized spacial score (nSPS) is 10.5. The molecule has 0 unspecified atom stereocenters. The van der Waals surface area contributed by atoms with Crippen LogP contribution in [-0.4, -0.2) is 17.9 Å². The van der Waals surface area contributed by atoms with Crippen molar-refractivity contribution in [3.63, 3.8) is 0 Å². The Balaban J connectivity index is 1.52. The number of carbonyl (C=O) groups is 1. The number of nitrogens with zero attached hydrogens (tertiary/aromatic N) is 1. The van der Waals surface area contributed by atoms with Gasteiger partial charge in [-0.05, 0) is 48.5 Å². The molecule has 0 fully saturated rings. The summed E-state index contributed by atoms with van der Waals surface area (Å²) >= 11 is 0. The van der Waals surface area contributed by atoms with Gasteiger partial charge >= 0.3 is 0 Å². The molecule has 0 aliphatic carbocycles. The Hall–Kier alpha value is -3.86. The third-order valence-electron chi connectivity index (χ3n) is 4.60. The molecule has 0 atom stereocenters. The summed E-state index contributed by atoms with van der Waals surface area (Å²) < 4.78 is 5.82. The van der Waals surface area contributed by atoms with Crippen LogP contribution in [0, 0.1) is 0 Å². The van der Waals surface area contributed by atoms with Gasteiger partial charge in [-0.3, -0.25) is 4.79 Å². The number of amides is 1. The van der Waals surface area contributed by atoms with Crippen molar-refractivity contribution in [3.8, 4) is 5.75 Å². The number of nitrogens with one attached hydrogen (secondary N) is 2. The molecule has 0 saturated heterocycles. The number of hydrogen-bond acceptors (Lipinski definition) is 4. The second kappa shape index (κ2) is 8.44. The highest BCUT2D eigenvalue weighted by molar-refractivity contribution is 6.06. The smallest absolute Gasteiger partial charge is 0.256 e. The molecule has 0 saturated carbocycles. The van der Waals surface area contributed by atoms with E-state index in [0.717, 1.165) is 33.7 Å². The zero-order valence-electron chi connectivity index (χ0n) is 16.1. The molecule has 1 heterocycles. The van der Waals surface area contributed by atoms with Gasteiger partial charge in [0, 0.05) is 29.2 Å². The summed E-state index contributed by atoms with van der Waals surface area (Å²) in [6, 6.07) is 26.6. The number of ether oxygens (including phenoxy) is 1. The van der Waals surface area contributed by atoms with E-state index >= 15 is 0 Å². The van der Waals surface area contributed by atoms with E-state index in [2.05, 4.69) is 15.6 Å². The summed E-state index contributed by atoms with van der Waals surface area (Å²) in [7, 11) is 1.84. The van der Waals surface area contributed by atoms with Crippen LogP contribution in [-0.2, 0) is 6.61 Å². The average molecular weight is 383 g/mol. The molecule has 0 aliphatic heterocycles. The van der Waals surface area contributed by atoms with Crippen molar-refractivity contribution in [2.75, 3.05) is 17.7 Å². The first-order chi connectivity index (χ1) is 14.2. The summed E-state index contributed by atoms with van der Waals surface area (Å²) in [5, 5.41) is 6.96. The Labute approximate surface area is 169 Å². The first-order valence-electron chi connectivity index (χ1n) is 9.38. The van der Waals surface area contributed by atoms with E-state index in [-0.39, 0.29) is 5.91 Å². The Morgan fingerprint density at radius 1 is 0.931 bits per heavy atom. The highest BCUT2D eigenvalue weighted by atomic mass is 16.5. The van der Waals surface area contributed by atoms with Crippen LogP contribution in [0.2, 0.25) is 0 Å². The van der Waals surface area contributed by atoms with E-state index in [9.17, 15) is 4.79 Å². The minimum atomic E-state index is -0.170. The lowest BCUT2D eigenvalue weighted by molar-refractivity contribution is 0.102. The summed E-state index contributed by atoms with van der Waals surface area (Å²) in [5.41, 5.74) is 3.01. The van der Waals surface area contributed by atoms with Crippen molar-refractivity contribution in [1.82, 2.24) is 4.98 Å². The molecule has 4 rings (SSSR count). The lowest BCUT2D eigenvalue weighted by Gasteiger charge is -2.12. The fourth-order valence-corrected chi connectivity index (χ4v) is 3.09.